The van der Waals surface area contributed by atoms with Crippen molar-refractivity contribution in [1.82, 2.24) is 10.6 Å². The molecule has 2 aliphatic heterocycles. The second-order valence-electron chi connectivity index (χ2n) is 6.32. The fourth-order valence-corrected chi connectivity index (χ4v) is 2.49. The predicted octanol–water partition coefficient (Wildman–Crippen LogP) is 1.07. The smallest absolute Gasteiger partial charge is 0.225 e. The molecule has 21 heavy (non-hydrogen) atoms. The molecule has 0 unspecified atom stereocenters. The Kier molecular flexibility index (Phi) is 3.76. The van der Waals surface area contributed by atoms with Crippen LogP contribution in [-0.4, -0.2) is 38.8 Å². The van der Waals surface area contributed by atoms with Crippen molar-refractivity contribution in [3.05, 3.63) is 23.8 Å². The maximum Gasteiger partial charge on any atom is 0.225 e. The van der Waals surface area contributed by atoms with Crippen LogP contribution < -0.4 is 20.1 Å². The third-order valence-corrected chi connectivity index (χ3v) is 4.18. The van der Waals surface area contributed by atoms with Gasteiger partial charge in [-0.2, -0.15) is 0 Å². The van der Waals surface area contributed by atoms with Crippen LogP contribution in [0.3, 0.4) is 0 Å². The summed E-state index contributed by atoms with van der Waals surface area (Å²) in [6.45, 7) is 7.62. The van der Waals surface area contributed by atoms with Crippen molar-refractivity contribution in [1.29, 1.82) is 0 Å². The van der Waals surface area contributed by atoms with Crippen molar-refractivity contribution in [2.24, 2.45) is 5.92 Å². The van der Waals surface area contributed by atoms with E-state index in [4.69, 9.17) is 9.47 Å². The molecule has 0 atom stereocenters. The molecule has 1 aromatic carbocycles. The van der Waals surface area contributed by atoms with Crippen LogP contribution >= 0.6 is 0 Å². The van der Waals surface area contributed by atoms with Crippen molar-refractivity contribution >= 4 is 5.91 Å². The molecule has 0 bridgehead atoms. The van der Waals surface area contributed by atoms with Crippen LogP contribution in [0.2, 0.25) is 0 Å². The Morgan fingerprint density at radius 1 is 1.29 bits per heavy atom. The van der Waals surface area contributed by atoms with E-state index >= 15 is 0 Å². The lowest BCUT2D eigenvalue weighted by Crippen LogP contribution is -2.52. The molecule has 2 aliphatic rings. The maximum absolute atomic E-state index is 11.9. The standard InChI is InChI=1S/C16H22N2O3/c1-16(2,10-18-15(19)11-8-17-9-11)12-3-4-13-14(7-12)21-6-5-20-13/h3-4,7,11,17H,5-6,8-10H2,1-2H3,(H,18,19). The van der Waals surface area contributed by atoms with Crippen LogP contribution in [0.15, 0.2) is 18.2 Å². The van der Waals surface area contributed by atoms with Gasteiger partial charge in [0, 0.05) is 25.0 Å². The largest absolute Gasteiger partial charge is 0.486 e. The Morgan fingerprint density at radius 2 is 2.00 bits per heavy atom. The first kappa shape index (κ1) is 14.2. The zero-order chi connectivity index (χ0) is 14.9. The SMILES string of the molecule is CC(C)(CNC(=O)C1CNC1)c1ccc2c(c1)OCCO2. The van der Waals surface area contributed by atoms with Gasteiger partial charge in [-0.3, -0.25) is 4.79 Å². The van der Waals surface area contributed by atoms with Gasteiger partial charge in [-0.15, -0.1) is 0 Å². The first-order chi connectivity index (χ1) is 10.1. The first-order valence-electron chi connectivity index (χ1n) is 7.45. The monoisotopic (exact) mass is 290 g/mol. The van der Waals surface area contributed by atoms with E-state index in [0.29, 0.717) is 19.8 Å². The van der Waals surface area contributed by atoms with Crippen molar-refractivity contribution in [2.75, 3.05) is 32.8 Å². The predicted molar refractivity (Wildman–Crippen MR) is 79.8 cm³/mol. The number of nitrogens with one attached hydrogen (secondary N) is 2. The lowest BCUT2D eigenvalue weighted by molar-refractivity contribution is -0.126. The van der Waals surface area contributed by atoms with Gasteiger partial charge in [0.1, 0.15) is 13.2 Å². The van der Waals surface area contributed by atoms with E-state index in [1.807, 2.05) is 18.2 Å². The van der Waals surface area contributed by atoms with Gasteiger partial charge in [0.2, 0.25) is 5.91 Å². The van der Waals surface area contributed by atoms with Gasteiger partial charge in [-0.1, -0.05) is 19.9 Å². The van der Waals surface area contributed by atoms with E-state index in [-0.39, 0.29) is 17.2 Å². The van der Waals surface area contributed by atoms with Crippen LogP contribution in [-0.2, 0) is 10.2 Å². The number of hydrogen-bond acceptors (Lipinski definition) is 4. The molecule has 0 spiro atoms. The topological polar surface area (TPSA) is 59.6 Å². The van der Waals surface area contributed by atoms with E-state index in [2.05, 4.69) is 24.5 Å². The summed E-state index contributed by atoms with van der Waals surface area (Å²) in [5.41, 5.74) is 0.988. The summed E-state index contributed by atoms with van der Waals surface area (Å²) in [7, 11) is 0. The molecule has 1 aromatic rings. The van der Waals surface area contributed by atoms with E-state index in [1.54, 1.807) is 0 Å². The summed E-state index contributed by atoms with van der Waals surface area (Å²) in [5.74, 6) is 1.85. The summed E-state index contributed by atoms with van der Waals surface area (Å²) in [5, 5.41) is 6.17. The van der Waals surface area contributed by atoms with Gasteiger partial charge >= 0.3 is 0 Å². The molecule has 0 aliphatic carbocycles. The number of carbonyl (C=O) groups excluding carboxylic acids is 1. The number of amides is 1. The zero-order valence-electron chi connectivity index (χ0n) is 12.6. The fourth-order valence-electron chi connectivity index (χ4n) is 2.49. The van der Waals surface area contributed by atoms with Gasteiger partial charge < -0.3 is 20.1 Å². The molecule has 1 amide bonds. The molecule has 1 saturated heterocycles. The summed E-state index contributed by atoms with van der Waals surface area (Å²) in [6, 6.07) is 6.01. The third-order valence-electron chi connectivity index (χ3n) is 4.18. The summed E-state index contributed by atoms with van der Waals surface area (Å²) in [4.78, 5) is 11.9. The van der Waals surface area contributed by atoms with Crippen molar-refractivity contribution in [3.63, 3.8) is 0 Å². The van der Waals surface area contributed by atoms with E-state index in [9.17, 15) is 4.79 Å². The van der Waals surface area contributed by atoms with Crippen LogP contribution in [0, 0.1) is 5.92 Å². The highest BCUT2D eigenvalue weighted by atomic mass is 16.6. The Morgan fingerprint density at radius 3 is 2.67 bits per heavy atom. The number of carbonyl (C=O) groups is 1. The minimum absolute atomic E-state index is 0.126. The van der Waals surface area contributed by atoms with E-state index in [1.165, 1.54) is 0 Å². The number of hydrogen-bond donors (Lipinski definition) is 2. The Labute approximate surface area is 125 Å². The van der Waals surface area contributed by atoms with Gasteiger partial charge in [-0.05, 0) is 17.7 Å². The summed E-state index contributed by atoms with van der Waals surface area (Å²) < 4.78 is 11.2. The van der Waals surface area contributed by atoms with E-state index in [0.717, 1.165) is 30.2 Å². The molecule has 0 aromatic heterocycles. The Balaban J connectivity index is 1.67. The van der Waals surface area contributed by atoms with Crippen molar-refractivity contribution in [2.45, 2.75) is 19.3 Å². The number of benzene rings is 1. The number of rotatable bonds is 4. The molecule has 0 saturated carbocycles. The lowest BCUT2D eigenvalue weighted by Gasteiger charge is -2.30. The lowest BCUT2D eigenvalue weighted by atomic mass is 9.84. The van der Waals surface area contributed by atoms with Crippen LogP contribution in [0.4, 0.5) is 0 Å². The molecule has 114 valence electrons. The van der Waals surface area contributed by atoms with Gasteiger partial charge in [0.15, 0.2) is 11.5 Å². The normalized spacial score (nSPS) is 18.0. The van der Waals surface area contributed by atoms with Crippen molar-refractivity contribution in [3.8, 4) is 11.5 Å². The second-order valence-corrected chi connectivity index (χ2v) is 6.32. The highest BCUT2D eigenvalue weighted by molar-refractivity contribution is 5.80. The van der Waals surface area contributed by atoms with Crippen LogP contribution in [0.1, 0.15) is 19.4 Å². The van der Waals surface area contributed by atoms with Crippen LogP contribution in [0.25, 0.3) is 0 Å². The average Bonchev–Trinajstić information content (AvgIpc) is 2.43. The Hall–Kier alpha value is -1.75. The molecule has 0 radical (unpaired) electrons. The molecule has 5 nitrogen and oxygen atoms in total. The molecule has 2 N–H and O–H groups in total. The molecular weight excluding hydrogens is 268 g/mol. The molecule has 2 heterocycles. The second kappa shape index (κ2) is 5.56. The Bertz CT molecular complexity index is 538. The fraction of sp³-hybridized carbons (Fsp3) is 0.562. The molecule has 1 fully saturated rings. The highest BCUT2D eigenvalue weighted by Gasteiger charge is 2.28. The number of fused-ring (bicyclic) bond motifs is 1. The van der Waals surface area contributed by atoms with Gasteiger partial charge in [0.25, 0.3) is 0 Å². The minimum atomic E-state index is -0.150. The zero-order valence-corrected chi connectivity index (χ0v) is 12.6. The average molecular weight is 290 g/mol. The summed E-state index contributed by atoms with van der Waals surface area (Å²) >= 11 is 0. The quantitative estimate of drug-likeness (QED) is 0.871. The molecule has 3 rings (SSSR count). The van der Waals surface area contributed by atoms with Gasteiger partial charge in [0.05, 0.1) is 5.92 Å². The van der Waals surface area contributed by atoms with Gasteiger partial charge in [-0.25, -0.2) is 0 Å². The molecule has 5 heteroatoms. The maximum atomic E-state index is 11.9. The third kappa shape index (κ3) is 2.97. The minimum Gasteiger partial charge on any atom is -0.486 e. The van der Waals surface area contributed by atoms with Crippen molar-refractivity contribution < 1.29 is 14.3 Å². The molecular formula is C16H22N2O3. The highest BCUT2D eigenvalue weighted by Crippen LogP contribution is 2.34. The summed E-state index contributed by atoms with van der Waals surface area (Å²) in [6.07, 6.45) is 0. The van der Waals surface area contributed by atoms with Crippen LogP contribution in [0.5, 0.6) is 11.5 Å². The van der Waals surface area contributed by atoms with E-state index < -0.39 is 0 Å². The first-order valence-corrected chi connectivity index (χ1v) is 7.45. The number of ether oxygens (including phenoxy) is 2.